The van der Waals surface area contributed by atoms with Gasteiger partial charge in [-0.15, -0.1) is 10.2 Å². The number of esters is 1. The summed E-state index contributed by atoms with van der Waals surface area (Å²) in [6, 6.07) is 0. The van der Waals surface area contributed by atoms with Crippen LogP contribution in [0.3, 0.4) is 0 Å². The van der Waals surface area contributed by atoms with Crippen LogP contribution in [-0.2, 0) is 19.6 Å². The maximum absolute atomic E-state index is 12.4. The van der Waals surface area contributed by atoms with Gasteiger partial charge in [0.15, 0.2) is 10.8 Å². The van der Waals surface area contributed by atoms with Crippen LogP contribution in [0.2, 0.25) is 0 Å². The number of sulfonamides is 1. The predicted molar refractivity (Wildman–Crippen MR) is 74.1 cm³/mol. The Morgan fingerprint density at radius 2 is 1.90 bits per heavy atom. The van der Waals surface area contributed by atoms with Crippen molar-refractivity contribution in [3.63, 3.8) is 0 Å². The fraction of sp³-hybridized carbons (Fsp3) is 0.727. The number of hydrogen-bond acceptors (Lipinski definition) is 7. The molecule has 1 fully saturated rings. The molecular formula is C11H18N4O4S. The molecule has 1 saturated heterocycles. The van der Waals surface area contributed by atoms with E-state index in [9.17, 15) is 13.2 Å². The topological polar surface area (TPSA) is 91.6 Å². The van der Waals surface area contributed by atoms with Crippen molar-refractivity contribution in [2.45, 2.75) is 13.3 Å². The molecule has 0 atom stereocenters. The second-order valence-electron chi connectivity index (χ2n) is 4.55. The first-order valence-corrected chi connectivity index (χ1v) is 7.87. The quantitative estimate of drug-likeness (QED) is 0.642. The van der Waals surface area contributed by atoms with E-state index in [1.54, 1.807) is 0 Å². The van der Waals surface area contributed by atoms with Crippen LogP contribution in [0.4, 0.5) is 0 Å². The summed E-state index contributed by atoms with van der Waals surface area (Å²) in [5, 5.41) is 7.15. The summed E-state index contributed by atoms with van der Waals surface area (Å²) in [5.74, 6) is -0.644. The van der Waals surface area contributed by atoms with Crippen LogP contribution < -0.4 is 0 Å². The Morgan fingerprint density at radius 3 is 2.45 bits per heavy atom. The van der Waals surface area contributed by atoms with Gasteiger partial charge in [0, 0.05) is 26.2 Å². The number of piperazine rings is 1. The number of carbonyl (C=O) groups excluding carboxylic acids is 1. The maximum atomic E-state index is 12.4. The van der Waals surface area contributed by atoms with Crippen molar-refractivity contribution in [2.24, 2.45) is 10.2 Å². The monoisotopic (exact) mass is 302 g/mol. The molecule has 0 spiro atoms. The highest BCUT2D eigenvalue weighted by Crippen LogP contribution is 2.16. The summed E-state index contributed by atoms with van der Waals surface area (Å²) in [6.07, 6.45) is -0.0942. The number of rotatable bonds is 3. The molecule has 0 aliphatic carbocycles. The van der Waals surface area contributed by atoms with Crippen LogP contribution in [0.5, 0.6) is 0 Å². The summed E-state index contributed by atoms with van der Waals surface area (Å²) in [5.41, 5.74) is 0.0262. The van der Waals surface area contributed by atoms with Gasteiger partial charge in [0.1, 0.15) is 0 Å². The summed E-state index contributed by atoms with van der Waals surface area (Å²) in [7, 11) is -2.41. The Labute approximate surface area is 118 Å². The van der Waals surface area contributed by atoms with Crippen molar-refractivity contribution in [3.8, 4) is 0 Å². The average Bonchev–Trinajstić information content (AvgIpc) is 2.97. The van der Waals surface area contributed by atoms with Crippen molar-refractivity contribution in [1.82, 2.24) is 9.21 Å². The number of likely N-dealkylation sites (N-methyl/N-ethyl adjacent to an activating group) is 1. The van der Waals surface area contributed by atoms with Crippen molar-refractivity contribution in [2.75, 3.05) is 39.8 Å². The van der Waals surface area contributed by atoms with Crippen molar-refractivity contribution >= 4 is 26.7 Å². The molecule has 0 aromatic heterocycles. The first kappa shape index (κ1) is 15.1. The lowest BCUT2D eigenvalue weighted by molar-refractivity contribution is -0.132. The van der Waals surface area contributed by atoms with Crippen LogP contribution in [0.25, 0.3) is 0 Å². The van der Waals surface area contributed by atoms with E-state index in [0.29, 0.717) is 26.2 Å². The third kappa shape index (κ3) is 2.89. The standard InChI is InChI=1S/C11H18N4O4S/c1-3-14-4-6-15(7-5-14)20(17,18)10-8-9(12-13-10)11(16)19-2/h3-8H2,1-2H3. The second-order valence-corrected chi connectivity index (χ2v) is 6.48. The van der Waals surface area contributed by atoms with Gasteiger partial charge in [-0.25, -0.2) is 13.2 Å². The van der Waals surface area contributed by atoms with E-state index < -0.39 is 16.0 Å². The molecule has 2 heterocycles. The zero-order chi connectivity index (χ0) is 14.8. The van der Waals surface area contributed by atoms with Crippen molar-refractivity contribution < 1.29 is 17.9 Å². The van der Waals surface area contributed by atoms with Gasteiger partial charge in [0.05, 0.1) is 13.5 Å². The number of carbonyl (C=O) groups is 1. The minimum Gasteiger partial charge on any atom is -0.464 e. The second kappa shape index (κ2) is 5.98. The van der Waals surface area contributed by atoms with Gasteiger partial charge in [-0.3, -0.25) is 0 Å². The Kier molecular flexibility index (Phi) is 4.51. The Bertz CT molecular complexity index is 547. The van der Waals surface area contributed by atoms with Crippen LogP contribution >= 0.6 is 0 Å². The third-order valence-corrected chi connectivity index (χ3v) is 5.30. The molecule has 0 bridgehead atoms. The summed E-state index contributed by atoms with van der Waals surface area (Å²) < 4.78 is 30.7. The molecule has 0 amide bonds. The van der Waals surface area contributed by atoms with E-state index >= 15 is 0 Å². The van der Waals surface area contributed by atoms with Gasteiger partial charge in [-0.2, -0.15) is 4.31 Å². The molecular weight excluding hydrogens is 284 g/mol. The summed E-state index contributed by atoms with van der Waals surface area (Å²) >= 11 is 0. The lowest BCUT2D eigenvalue weighted by Gasteiger charge is -2.32. The molecule has 0 aromatic carbocycles. The molecule has 0 saturated carbocycles. The molecule has 2 rings (SSSR count). The summed E-state index contributed by atoms with van der Waals surface area (Å²) in [4.78, 5) is 13.5. The van der Waals surface area contributed by atoms with E-state index in [4.69, 9.17) is 0 Å². The molecule has 20 heavy (non-hydrogen) atoms. The van der Waals surface area contributed by atoms with E-state index in [1.807, 2.05) is 6.92 Å². The predicted octanol–water partition coefficient (Wildman–Crippen LogP) is -0.715. The number of ether oxygens (including phenoxy) is 1. The van der Waals surface area contributed by atoms with Gasteiger partial charge < -0.3 is 9.64 Å². The fourth-order valence-corrected chi connectivity index (χ4v) is 3.54. The fourth-order valence-electron chi connectivity index (χ4n) is 2.14. The molecule has 0 aromatic rings. The lowest BCUT2D eigenvalue weighted by Crippen LogP contribution is -2.50. The molecule has 2 aliphatic rings. The lowest BCUT2D eigenvalue weighted by atomic mass is 10.3. The highest BCUT2D eigenvalue weighted by atomic mass is 32.2. The zero-order valence-corrected chi connectivity index (χ0v) is 12.4. The number of nitrogens with zero attached hydrogens (tertiary/aromatic N) is 4. The van der Waals surface area contributed by atoms with Gasteiger partial charge in [0.2, 0.25) is 0 Å². The van der Waals surface area contributed by atoms with Crippen LogP contribution in [-0.4, -0.2) is 74.2 Å². The molecule has 0 N–H and O–H groups in total. The minimum absolute atomic E-state index is 0.0262. The SMILES string of the molecule is CCN1CCN(S(=O)(=O)C2=NN=C(C(=O)OC)C2)CC1. The maximum Gasteiger partial charge on any atom is 0.354 e. The van der Waals surface area contributed by atoms with E-state index in [2.05, 4.69) is 19.8 Å². The molecule has 2 aliphatic heterocycles. The molecule has 0 unspecified atom stereocenters. The highest BCUT2D eigenvalue weighted by Gasteiger charge is 2.35. The largest absolute Gasteiger partial charge is 0.464 e. The molecule has 8 nitrogen and oxygen atoms in total. The average molecular weight is 302 g/mol. The Morgan fingerprint density at radius 1 is 1.25 bits per heavy atom. The van der Waals surface area contributed by atoms with Gasteiger partial charge in [-0.05, 0) is 6.54 Å². The van der Waals surface area contributed by atoms with Crippen LogP contribution in [0, 0.1) is 0 Å². The zero-order valence-electron chi connectivity index (χ0n) is 11.6. The smallest absolute Gasteiger partial charge is 0.354 e. The van der Waals surface area contributed by atoms with Gasteiger partial charge in [-0.1, -0.05) is 6.92 Å². The van der Waals surface area contributed by atoms with Gasteiger partial charge in [0.25, 0.3) is 10.0 Å². The molecule has 9 heteroatoms. The van der Waals surface area contributed by atoms with E-state index in [1.165, 1.54) is 11.4 Å². The number of hydrogen-bond donors (Lipinski definition) is 0. The normalized spacial score (nSPS) is 21.5. The first-order valence-electron chi connectivity index (χ1n) is 6.43. The van der Waals surface area contributed by atoms with Gasteiger partial charge >= 0.3 is 5.97 Å². The van der Waals surface area contributed by atoms with Crippen LogP contribution in [0.15, 0.2) is 10.2 Å². The molecule has 112 valence electrons. The first-order chi connectivity index (χ1) is 9.48. The van der Waals surface area contributed by atoms with Crippen molar-refractivity contribution in [3.05, 3.63) is 0 Å². The van der Waals surface area contributed by atoms with Crippen molar-refractivity contribution in [1.29, 1.82) is 0 Å². The number of methoxy groups -OCH3 is 1. The highest BCUT2D eigenvalue weighted by molar-refractivity contribution is 8.04. The van der Waals surface area contributed by atoms with E-state index in [0.717, 1.165) is 6.54 Å². The Balaban J connectivity index is 2.01. The summed E-state index contributed by atoms with van der Waals surface area (Å²) in [6.45, 7) is 5.22. The third-order valence-electron chi connectivity index (χ3n) is 3.44. The minimum atomic E-state index is -3.63. The van der Waals surface area contributed by atoms with E-state index in [-0.39, 0.29) is 17.2 Å². The van der Waals surface area contributed by atoms with Crippen LogP contribution in [0.1, 0.15) is 13.3 Å². The Hall–Kier alpha value is -1.32. The molecule has 0 radical (unpaired) electrons.